The van der Waals surface area contributed by atoms with Crippen molar-refractivity contribution in [2.45, 2.75) is 94.0 Å². The number of rotatable bonds is 6. The van der Waals surface area contributed by atoms with Gasteiger partial charge in [0.1, 0.15) is 11.4 Å². The Morgan fingerprint density at radius 1 is 1.22 bits per heavy atom. The van der Waals surface area contributed by atoms with Gasteiger partial charge in [-0.25, -0.2) is 0 Å². The molecule has 5 aliphatic rings. The number of carbonyl (C=O) groups is 1. The molecule has 1 aliphatic carbocycles. The highest BCUT2D eigenvalue weighted by molar-refractivity contribution is 5.87. The van der Waals surface area contributed by atoms with Gasteiger partial charge in [-0.05, 0) is 69.3 Å². The van der Waals surface area contributed by atoms with Crippen LogP contribution in [0.5, 0.6) is 5.75 Å². The van der Waals surface area contributed by atoms with Crippen molar-refractivity contribution in [2.75, 3.05) is 39.8 Å². The second-order valence-electron chi connectivity index (χ2n) is 13.0. The van der Waals surface area contributed by atoms with Crippen LogP contribution in [0.3, 0.4) is 0 Å². The van der Waals surface area contributed by atoms with Crippen molar-refractivity contribution in [1.82, 2.24) is 25.3 Å². The molecule has 0 bridgehead atoms. The fourth-order valence-corrected chi connectivity index (χ4v) is 8.26. The third-order valence-electron chi connectivity index (χ3n) is 10.4. The quantitative estimate of drug-likeness (QED) is 0.512. The second-order valence-corrected chi connectivity index (χ2v) is 13.0. The van der Waals surface area contributed by atoms with Crippen molar-refractivity contribution in [2.24, 2.45) is 5.92 Å². The van der Waals surface area contributed by atoms with E-state index in [0.717, 1.165) is 44.5 Å². The molecule has 4 fully saturated rings. The molecule has 9 nitrogen and oxygen atoms in total. The monoisotopic (exact) mass is 562 g/mol. The number of carbonyl (C=O) groups excluding carboxylic acids is 1. The average Bonchev–Trinajstić information content (AvgIpc) is 3.39. The molecule has 6 rings (SSSR count). The summed E-state index contributed by atoms with van der Waals surface area (Å²) in [6, 6.07) is 11.4. The summed E-state index contributed by atoms with van der Waals surface area (Å²) >= 11 is 0. The maximum Gasteiger partial charge on any atom is 0.246 e. The Labute approximate surface area is 244 Å². The van der Waals surface area contributed by atoms with E-state index in [9.17, 15) is 10.1 Å². The Kier molecular flexibility index (Phi) is 8.39. The zero-order valence-electron chi connectivity index (χ0n) is 24.6. The fraction of sp³-hybridized carbons (Fsp3) is 0.688. The molecule has 9 heteroatoms. The highest BCUT2D eigenvalue weighted by atomic mass is 16.5. The second kappa shape index (κ2) is 12.0. The molecule has 1 saturated carbocycles. The van der Waals surface area contributed by atoms with Gasteiger partial charge in [0.2, 0.25) is 5.91 Å². The minimum atomic E-state index is -0.263. The number of amides is 1. The molecule has 7 unspecified atom stereocenters. The number of nitriles is 1. The third-order valence-corrected chi connectivity index (χ3v) is 10.4. The van der Waals surface area contributed by atoms with Crippen molar-refractivity contribution >= 4 is 5.91 Å². The lowest BCUT2D eigenvalue weighted by atomic mass is 9.68. The normalized spacial score (nSPS) is 37.6. The van der Waals surface area contributed by atoms with Crippen LogP contribution < -0.4 is 15.4 Å². The van der Waals surface area contributed by atoms with E-state index < -0.39 is 0 Å². The van der Waals surface area contributed by atoms with E-state index in [1.54, 1.807) is 0 Å². The number of likely N-dealkylation sites (tertiary alicyclic amines) is 1. The van der Waals surface area contributed by atoms with E-state index in [2.05, 4.69) is 71.3 Å². The first-order valence-corrected chi connectivity index (χ1v) is 15.6. The molecule has 1 spiro atoms. The molecule has 0 radical (unpaired) electrons. The zero-order valence-corrected chi connectivity index (χ0v) is 24.6. The molecular formula is C32H46N6O3. The lowest BCUT2D eigenvalue weighted by Crippen LogP contribution is -2.73. The fourth-order valence-electron chi connectivity index (χ4n) is 8.26. The topological polar surface area (TPSA) is 93.1 Å². The SMILES string of the molecule is C=CC(=O)N1CCN(C2NC(OCC3CCCN3C)NC3C[C@@]4(CCC32)CC(C)c2ccccc2O4)CC1CC#N. The van der Waals surface area contributed by atoms with E-state index >= 15 is 0 Å². The van der Waals surface area contributed by atoms with Crippen LogP contribution in [0.2, 0.25) is 0 Å². The molecule has 8 atom stereocenters. The van der Waals surface area contributed by atoms with E-state index in [0.29, 0.717) is 44.0 Å². The summed E-state index contributed by atoms with van der Waals surface area (Å²) in [5.74, 6) is 1.78. The van der Waals surface area contributed by atoms with Crippen LogP contribution in [0.4, 0.5) is 0 Å². The summed E-state index contributed by atoms with van der Waals surface area (Å²) in [4.78, 5) is 19.2. The number of ether oxygens (including phenoxy) is 2. The van der Waals surface area contributed by atoms with Crippen LogP contribution >= 0.6 is 0 Å². The van der Waals surface area contributed by atoms with Crippen LogP contribution in [-0.4, -0.2) is 96.7 Å². The van der Waals surface area contributed by atoms with Crippen molar-refractivity contribution in [3.05, 3.63) is 42.5 Å². The molecule has 0 aromatic heterocycles. The van der Waals surface area contributed by atoms with Crippen molar-refractivity contribution in [3.63, 3.8) is 0 Å². The zero-order chi connectivity index (χ0) is 28.6. The highest BCUT2D eigenvalue weighted by Gasteiger charge is 2.52. The van der Waals surface area contributed by atoms with Crippen LogP contribution in [-0.2, 0) is 9.53 Å². The minimum absolute atomic E-state index is 0.0913. The van der Waals surface area contributed by atoms with Gasteiger partial charge in [-0.1, -0.05) is 31.7 Å². The summed E-state index contributed by atoms with van der Waals surface area (Å²) < 4.78 is 13.4. The van der Waals surface area contributed by atoms with Gasteiger partial charge >= 0.3 is 0 Å². The maximum atomic E-state index is 12.6. The Bertz CT molecular complexity index is 1160. The molecule has 222 valence electrons. The van der Waals surface area contributed by atoms with Gasteiger partial charge in [0, 0.05) is 44.1 Å². The average molecular weight is 563 g/mol. The van der Waals surface area contributed by atoms with Gasteiger partial charge in [-0.2, -0.15) is 5.26 Å². The molecule has 4 aliphatic heterocycles. The molecule has 1 amide bonds. The summed E-state index contributed by atoms with van der Waals surface area (Å²) in [5.41, 5.74) is 1.13. The lowest BCUT2D eigenvalue weighted by Gasteiger charge is -2.56. The number of nitrogens with one attached hydrogen (secondary N) is 2. The minimum Gasteiger partial charge on any atom is -0.487 e. The van der Waals surface area contributed by atoms with Crippen molar-refractivity contribution in [1.29, 1.82) is 5.26 Å². The summed E-state index contributed by atoms with van der Waals surface area (Å²) in [6.45, 7) is 9.85. The van der Waals surface area contributed by atoms with Crippen LogP contribution in [0.15, 0.2) is 36.9 Å². The Morgan fingerprint density at radius 2 is 2.07 bits per heavy atom. The van der Waals surface area contributed by atoms with Gasteiger partial charge in [-0.3, -0.25) is 20.3 Å². The summed E-state index contributed by atoms with van der Waals surface area (Å²) in [7, 11) is 2.19. The predicted octanol–water partition coefficient (Wildman–Crippen LogP) is 3.01. The van der Waals surface area contributed by atoms with E-state index in [1.165, 1.54) is 24.5 Å². The predicted molar refractivity (Wildman–Crippen MR) is 157 cm³/mol. The van der Waals surface area contributed by atoms with E-state index in [4.69, 9.17) is 9.47 Å². The molecule has 1 aromatic rings. The molecule has 41 heavy (non-hydrogen) atoms. The first-order chi connectivity index (χ1) is 19.9. The molecule has 1 aromatic carbocycles. The molecular weight excluding hydrogens is 516 g/mol. The molecule has 3 saturated heterocycles. The summed E-state index contributed by atoms with van der Waals surface area (Å²) in [6.07, 6.45) is 7.93. The number of benzene rings is 1. The summed E-state index contributed by atoms with van der Waals surface area (Å²) in [5, 5.41) is 17.2. The highest BCUT2D eigenvalue weighted by Crippen LogP contribution is 2.49. The van der Waals surface area contributed by atoms with Gasteiger partial charge in [0.05, 0.1) is 31.3 Å². The molecule has 2 N–H and O–H groups in total. The van der Waals surface area contributed by atoms with Gasteiger partial charge in [0.15, 0.2) is 6.35 Å². The number of hydrogen-bond acceptors (Lipinski definition) is 8. The third kappa shape index (κ3) is 5.78. The van der Waals surface area contributed by atoms with Gasteiger partial charge in [0.25, 0.3) is 0 Å². The Hall–Kier alpha value is -2.48. The smallest absolute Gasteiger partial charge is 0.246 e. The lowest BCUT2D eigenvalue weighted by molar-refractivity contribution is -0.140. The number of hydrogen-bond donors (Lipinski definition) is 2. The van der Waals surface area contributed by atoms with Crippen LogP contribution in [0.25, 0.3) is 0 Å². The van der Waals surface area contributed by atoms with E-state index in [1.807, 2.05) is 4.90 Å². The number of piperazine rings is 1. The van der Waals surface area contributed by atoms with Crippen LogP contribution in [0, 0.1) is 17.2 Å². The Balaban J connectivity index is 1.22. The van der Waals surface area contributed by atoms with Crippen LogP contribution in [0.1, 0.15) is 63.4 Å². The number of nitrogens with zero attached hydrogens (tertiary/aromatic N) is 4. The standard InChI is InChI=1S/C32H46N6O3/c1-4-29(39)38-17-16-37(20-23(38)12-14-33)30-26-11-13-32(18-22(2)25-9-5-6-10-28(25)41-32)19-27(26)34-31(35-30)40-21-24-8-7-15-36(24)3/h4-6,9-10,22-24,26-27,30-31,34-35H,1,7-8,11-13,15-21H2,2-3H3/t22?,23?,24?,26?,27?,30?,31?,32-/m1/s1. The van der Waals surface area contributed by atoms with Gasteiger partial charge in [-0.15, -0.1) is 0 Å². The number of para-hydroxylation sites is 1. The van der Waals surface area contributed by atoms with E-state index in [-0.39, 0.29) is 36.1 Å². The number of likely N-dealkylation sites (N-methyl/N-ethyl adjacent to an activating group) is 1. The van der Waals surface area contributed by atoms with Gasteiger partial charge < -0.3 is 19.3 Å². The first-order valence-electron chi connectivity index (χ1n) is 15.6. The largest absolute Gasteiger partial charge is 0.487 e. The first kappa shape index (κ1) is 28.6. The van der Waals surface area contributed by atoms with Crippen molar-refractivity contribution in [3.8, 4) is 11.8 Å². The maximum absolute atomic E-state index is 12.6. The molecule has 4 heterocycles. The Morgan fingerprint density at radius 3 is 2.85 bits per heavy atom. The number of fused-ring (bicyclic) bond motifs is 2. The van der Waals surface area contributed by atoms with Crippen molar-refractivity contribution < 1.29 is 14.3 Å².